The summed E-state index contributed by atoms with van der Waals surface area (Å²) < 4.78 is 6.83. The van der Waals surface area contributed by atoms with E-state index < -0.39 is 5.41 Å². The molecule has 3 aromatic rings. The fourth-order valence-electron chi connectivity index (χ4n) is 2.83. The first-order chi connectivity index (χ1) is 13.9. The Morgan fingerprint density at radius 1 is 1.34 bits per heavy atom. The highest BCUT2D eigenvalue weighted by molar-refractivity contribution is 7.13. The quantitative estimate of drug-likeness (QED) is 0.250. The van der Waals surface area contributed by atoms with Crippen LogP contribution in [0, 0.1) is 17.3 Å². The van der Waals surface area contributed by atoms with Gasteiger partial charge in [0.25, 0.3) is 0 Å². The van der Waals surface area contributed by atoms with Gasteiger partial charge < -0.3 is 9.30 Å². The molecule has 3 heterocycles. The number of methoxy groups -OCH3 is 1. The van der Waals surface area contributed by atoms with Crippen molar-refractivity contribution >= 4 is 40.1 Å². The molecule has 9 heteroatoms. The largest absolute Gasteiger partial charge is 0.469 e. The Labute approximate surface area is 178 Å². The van der Waals surface area contributed by atoms with Gasteiger partial charge in [0.05, 0.1) is 22.9 Å². The van der Waals surface area contributed by atoms with Crippen molar-refractivity contribution < 1.29 is 9.53 Å². The van der Waals surface area contributed by atoms with E-state index >= 15 is 0 Å². The summed E-state index contributed by atoms with van der Waals surface area (Å²) in [6.07, 6.45) is 4.59. The summed E-state index contributed by atoms with van der Waals surface area (Å²) in [7, 11) is 1.38. The molecule has 3 rings (SSSR count). The molecule has 0 fully saturated rings. The normalized spacial score (nSPS) is 11.3. The molecule has 0 bridgehead atoms. The third kappa shape index (κ3) is 4.57. The van der Waals surface area contributed by atoms with Crippen LogP contribution in [0.4, 0.5) is 0 Å². The number of thiazole rings is 1. The minimum Gasteiger partial charge on any atom is -0.469 e. The summed E-state index contributed by atoms with van der Waals surface area (Å²) in [6.45, 7) is 6.05. The molecule has 0 saturated heterocycles. The number of imidazole rings is 1. The van der Waals surface area contributed by atoms with Gasteiger partial charge in [0.15, 0.2) is 16.6 Å². The van der Waals surface area contributed by atoms with Crippen LogP contribution in [-0.2, 0) is 16.1 Å². The lowest BCUT2D eigenvalue weighted by Crippen LogP contribution is -2.31. The highest BCUT2D eigenvalue weighted by Gasteiger charge is 2.32. The third-order valence-electron chi connectivity index (χ3n) is 4.35. The fraction of sp³-hybridized carbons (Fsp3) is 0.450. The summed E-state index contributed by atoms with van der Waals surface area (Å²) in [5, 5.41) is 0.232. The Hall–Kier alpha value is -2.50. The number of nitrogens with zero attached hydrogens (tertiary/aromatic N) is 5. The average Bonchev–Trinajstić information content (AvgIpc) is 3.33. The lowest BCUT2D eigenvalue weighted by molar-refractivity contribution is -0.151. The summed E-state index contributed by atoms with van der Waals surface area (Å²) in [5.41, 5.74) is 1.93. The highest BCUT2D eigenvalue weighted by Crippen LogP contribution is 2.32. The molecule has 0 aliphatic heterocycles. The molecule has 0 aliphatic carbocycles. The molecule has 3 aromatic heterocycles. The van der Waals surface area contributed by atoms with Crippen LogP contribution in [0.1, 0.15) is 45.9 Å². The van der Waals surface area contributed by atoms with Gasteiger partial charge >= 0.3 is 5.97 Å². The Morgan fingerprint density at radius 2 is 2.14 bits per heavy atom. The first-order valence-corrected chi connectivity index (χ1v) is 10.5. The summed E-state index contributed by atoms with van der Waals surface area (Å²) in [5.74, 6) is 6.71. The molecule has 0 aromatic carbocycles. The van der Waals surface area contributed by atoms with Gasteiger partial charge in [-0.05, 0) is 26.2 Å². The van der Waals surface area contributed by atoms with Gasteiger partial charge in [-0.3, -0.25) is 9.78 Å². The van der Waals surface area contributed by atoms with Gasteiger partial charge in [-0.2, -0.15) is 0 Å². The second-order valence-electron chi connectivity index (χ2n) is 7.18. The molecular formula is C20H22ClN5O2S. The van der Waals surface area contributed by atoms with Gasteiger partial charge in [-0.1, -0.05) is 30.9 Å². The summed E-state index contributed by atoms with van der Waals surface area (Å²) >= 11 is 7.86. The minimum absolute atomic E-state index is 0.232. The molecule has 152 valence electrons. The van der Waals surface area contributed by atoms with Crippen molar-refractivity contribution in [2.75, 3.05) is 7.11 Å². The van der Waals surface area contributed by atoms with Crippen LogP contribution < -0.4 is 0 Å². The van der Waals surface area contributed by atoms with E-state index in [1.54, 1.807) is 11.7 Å². The fourth-order valence-corrected chi connectivity index (χ4v) is 3.66. The topological polar surface area (TPSA) is 82.8 Å². The van der Waals surface area contributed by atoms with Crippen molar-refractivity contribution in [1.29, 1.82) is 0 Å². The zero-order valence-electron chi connectivity index (χ0n) is 16.8. The number of carbonyl (C=O) groups is 1. The second-order valence-corrected chi connectivity index (χ2v) is 8.42. The molecule has 0 unspecified atom stereocenters. The van der Waals surface area contributed by atoms with Crippen molar-refractivity contribution in [3.63, 3.8) is 0 Å². The predicted molar refractivity (Wildman–Crippen MR) is 114 cm³/mol. The van der Waals surface area contributed by atoms with Crippen LogP contribution in [-0.4, -0.2) is 37.6 Å². The van der Waals surface area contributed by atoms with Gasteiger partial charge in [0.2, 0.25) is 5.82 Å². The first-order valence-electron chi connectivity index (χ1n) is 9.27. The maximum absolute atomic E-state index is 12.3. The summed E-state index contributed by atoms with van der Waals surface area (Å²) in [4.78, 5) is 30.8. The second kappa shape index (κ2) is 8.89. The van der Waals surface area contributed by atoms with Crippen molar-refractivity contribution in [1.82, 2.24) is 24.5 Å². The molecular weight excluding hydrogens is 410 g/mol. The molecule has 0 radical (unpaired) electrons. The van der Waals surface area contributed by atoms with Crippen molar-refractivity contribution in [3.8, 4) is 22.5 Å². The Bertz CT molecular complexity index is 1080. The number of carbonyl (C=O) groups excluding carboxylic acids is 1. The van der Waals surface area contributed by atoms with Crippen LogP contribution in [0.25, 0.3) is 21.9 Å². The van der Waals surface area contributed by atoms with Crippen molar-refractivity contribution in [2.24, 2.45) is 5.41 Å². The van der Waals surface area contributed by atoms with E-state index in [2.05, 4.69) is 38.7 Å². The smallest absolute Gasteiger partial charge is 0.313 e. The monoisotopic (exact) mass is 431 g/mol. The predicted octanol–water partition coefficient (Wildman–Crippen LogP) is 4.34. The molecule has 29 heavy (non-hydrogen) atoms. The standard InChI is InChI=1S/C20H22ClN5O2S/c1-5-6-7-8-9-14-23-16(21)15-18(24-14)26(11-20(2,3)19(27)28-4)17(25-15)13-10-22-12-29-13/h10,12H,5-7,11H2,1-4H3. The average molecular weight is 432 g/mol. The Balaban J connectivity index is 2.15. The van der Waals surface area contributed by atoms with Gasteiger partial charge in [-0.15, -0.1) is 11.3 Å². The van der Waals surface area contributed by atoms with E-state index in [1.165, 1.54) is 18.4 Å². The van der Waals surface area contributed by atoms with E-state index in [0.717, 1.165) is 24.1 Å². The molecule has 0 amide bonds. The number of fused-ring (bicyclic) bond motifs is 1. The number of hydrogen-bond acceptors (Lipinski definition) is 7. The number of hydrogen-bond donors (Lipinski definition) is 0. The van der Waals surface area contributed by atoms with E-state index in [9.17, 15) is 4.79 Å². The lowest BCUT2D eigenvalue weighted by atomic mass is 9.93. The number of unbranched alkanes of at least 4 members (excludes halogenated alkanes) is 2. The van der Waals surface area contributed by atoms with Crippen LogP contribution >= 0.6 is 22.9 Å². The first kappa shape index (κ1) is 21.2. The molecule has 0 atom stereocenters. The van der Waals surface area contributed by atoms with E-state index in [-0.39, 0.29) is 11.1 Å². The van der Waals surface area contributed by atoms with E-state index in [4.69, 9.17) is 16.3 Å². The van der Waals surface area contributed by atoms with Gasteiger partial charge in [-0.25, -0.2) is 15.0 Å². The molecule has 7 nitrogen and oxygen atoms in total. The number of halogens is 1. The maximum atomic E-state index is 12.3. The van der Waals surface area contributed by atoms with Gasteiger partial charge in [0, 0.05) is 19.2 Å². The van der Waals surface area contributed by atoms with Crippen LogP contribution in [0.2, 0.25) is 5.15 Å². The maximum Gasteiger partial charge on any atom is 0.313 e. The summed E-state index contributed by atoms with van der Waals surface area (Å²) in [6, 6.07) is 0. The minimum atomic E-state index is -0.799. The molecule has 0 spiro atoms. The number of ether oxygens (including phenoxy) is 1. The third-order valence-corrected chi connectivity index (χ3v) is 5.38. The van der Waals surface area contributed by atoms with E-state index in [1.807, 2.05) is 18.4 Å². The van der Waals surface area contributed by atoms with Crippen LogP contribution in [0.15, 0.2) is 11.7 Å². The lowest BCUT2D eigenvalue weighted by Gasteiger charge is -2.23. The van der Waals surface area contributed by atoms with E-state index in [0.29, 0.717) is 29.4 Å². The highest BCUT2D eigenvalue weighted by atomic mass is 35.5. The zero-order valence-corrected chi connectivity index (χ0v) is 18.4. The van der Waals surface area contributed by atoms with Crippen molar-refractivity contribution in [3.05, 3.63) is 22.7 Å². The van der Waals surface area contributed by atoms with Gasteiger partial charge in [0.1, 0.15) is 5.52 Å². The Morgan fingerprint density at radius 3 is 2.79 bits per heavy atom. The molecule has 0 aliphatic rings. The number of rotatable bonds is 6. The number of esters is 1. The SMILES string of the molecule is CCCCC#Cc1nc(Cl)c2nc(-c3cncs3)n(CC(C)(C)C(=O)OC)c2n1. The molecule has 0 N–H and O–H groups in total. The Kier molecular flexibility index (Phi) is 6.50. The number of aromatic nitrogens is 5. The zero-order chi connectivity index (χ0) is 21.0. The van der Waals surface area contributed by atoms with Crippen LogP contribution in [0.3, 0.4) is 0 Å². The van der Waals surface area contributed by atoms with Crippen LogP contribution in [0.5, 0.6) is 0 Å². The molecule has 0 saturated carbocycles. The van der Waals surface area contributed by atoms with Crippen molar-refractivity contribution in [2.45, 2.75) is 46.6 Å².